The van der Waals surface area contributed by atoms with Crippen molar-refractivity contribution in [1.82, 2.24) is 14.8 Å². The lowest BCUT2D eigenvalue weighted by atomic mass is 9.99. The maximum Gasteiger partial charge on any atom is 0.321 e. The third-order valence-electron chi connectivity index (χ3n) is 6.83. The molecule has 1 aliphatic carbocycles. The van der Waals surface area contributed by atoms with Crippen molar-refractivity contribution in [3.8, 4) is 5.88 Å². The molecular weight excluding hydrogens is 463 g/mol. The van der Waals surface area contributed by atoms with E-state index < -0.39 is 6.10 Å². The summed E-state index contributed by atoms with van der Waals surface area (Å²) in [6.07, 6.45) is 6.48. The number of nitrogens with zero attached hydrogens (tertiary/aromatic N) is 3. The molecule has 8 nitrogen and oxygen atoms in total. The number of aromatic nitrogens is 1. The summed E-state index contributed by atoms with van der Waals surface area (Å²) in [6.45, 7) is 4.17. The molecule has 0 spiro atoms. The van der Waals surface area contributed by atoms with Crippen LogP contribution in [0.25, 0.3) is 5.57 Å². The predicted molar refractivity (Wildman–Crippen MR) is 135 cm³/mol. The van der Waals surface area contributed by atoms with Crippen molar-refractivity contribution >= 4 is 23.2 Å². The first-order valence-electron chi connectivity index (χ1n) is 12.3. The predicted octanol–water partition coefficient (Wildman–Crippen LogP) is 4.17. The van der Waals surface area contributed by atoms with Gasteiger partial charge in [0.1, 0.15) is 17.5 Å². The van der Waals surface area contributed by atoms with Gasteiger partial charge in [-0.15, -0.1) is 0 Å². The van der Waals surface area contributed by atoms with Crippen molar-refractivity contribution in [1.29, 1.82) is 0 Å². The Balaban J connectivity index is 1.58. The van der Waals surface area contributed by atoms with Crippen LogP contribution < -0.4 is 10.1 Å². The number of aliphatic hydroxyl groups is 1. The molecule has 2 N–H and O–H groups in total. The number of urea groups is 1. The third kappa shape index (κ3) is 5.67. The normalized spacial score (nSPS) is 20.5. The minimum Gasteiger partial charge on any atom is -0.472 e. The molecule has 0 saturated heterocycles. The summed E-state index contributed by atoms with van der Waals surface area (Å²) in [5, 5.41) is 12.6. The second kappa shape index (κ2) is 11.1. The standard InChI is InChI=1S/C27H33FN4O4/c1-17-14-32(18(2)16-33)26(34)23-12-20(19-6-4-5-7-19)13-29-25(23)36-24(17)15-31(3)27(35)30-22-10-8-21(28)9-11-22/h6,8-13,17-18,24,33H,4-5,7,14-16H2,1-3H3,(H,30,35)/t17-,18-,24+/m0/s1. The van der Waals surface area contributed by atoms with Gasteiger partial charge in [-0.2, -0.15) is 0 Å². The monoisotopic (exact) mass is 496 g/mol. The maximum atomic E-state index is 13.5. The average molecular weight is 497 g/mol. The zero-order valence-electron chi connectivity index (χ0n) is 20.9. The Kier molecular flexibility index (Phi) is 7.88. The van der Waals surface area contributed by atoms with Gasteiger partial charge in [0.05, 0.1) is 19.2 Å². The van der Waals surface area contributed by atoms with E-state index >= 15 is 0 Å². The van der Waals surface area contributed by atoms with Crippen molar-refractivity contribution < 1.29 is 23.8 Å². The van der Waals surface area contributed by atoms with E-state index in [2.05, 4.69) is 16.4 Å². The number of allylic oxidation sites excluding steroid dienone is 2. The highest BCUT2D eigenvalue weighted by molar-refractivity contribution is 5.97. The number of hydrogen-bond donors (Lipinski definition) is 2. The molecular formula is C27H33FN4O4. The van der Waals surface area contributed by atoms with Gasteiger partial charge in [0.2, 0.25) is 5.88 Å². The Hall–Kier alpha value is -3.46. The second-order valence-electron chi connectivity index (χ2n) is 9.64. The van der Waals surface area contributed by atoms with Crippen LogP contribution in [0.5, 0.6) is 5.88 Å². The van der Waals surface area contributed by atoms with Gasteiger partial charge in [-0.1, -0.05) is 13.0 Å². The number of halogens is 1. The number of aliphatic hydroxyl groups excluding tert-OH is 1. The molecule has 36 heavy (non-hydrogen) atoms. The molecule has 192 valence electrons. The van der Waals surface area contributed by atoms with Gasteiger partial charge in [-0.25, -0.2) is 14.2 Å². The van der Waals surface area contributed by atoms with E-state index in [1.165, 1.54) is 34.7 Å². The molecule has 1 aromatic heterocycles. The Morgan fingerprint density at radius 1 is 1.36 bits per heavy atom. The van der Waals surface area contributed by atoms with Gasteiger partial charge >= 0.3 is 6.03 Å². The Labute approximate surface area is 210 Å². The van der Waals surface area contributed by atoms with Crippen molar-refractivity contribution in [2.45, 2.75) is 45.3 Å². The second-order valence-corrected chi connectivity index (χ2v) is 9.64. The van der Waals surface area contributed by atoms with E-state index in [0.717, 1.165) is 24.8 Å². The average Bonchev–Trinajstić information content (AvgIpc) is 3.42. The van der Waals surface area contributed by atoms with Crippen LogP contribution in [0.2, 0.25) is 0 Å². The van der Waals surface area contributed by atoms with Crippen LogP contribution in [0.4, 0.5) is 14.9 Å². The van der Waals surface area contributed by atoms with Gasteiger partial charge in [0, 0.05) is 31.4 Å². The molecule has 0 radical (unpaired) electrons. The van der Waals surface area contributed by atoms with Crippen molar-refractivity contribution in [2.75, 3.05) is 32.1 Å². The molecule has 0 unspecified atom stereocenters. The highest BCUT2D eigenvalue weighted by Crippen LogP contribution is 2.32. The van der Waals surface area contributed by atoms with Crippen LogP contribution in [0, 0.1) is 11.7 Å². The van der Waals surface area contributed by atoms with Crippen molar-refractivity contribution in [3.63, 3.8) is 0 Å². The fourth-order valence-corrected chi connectivity index (χ4v) is 4.53. The van der Waals surface area contributed by atoms with Gasteiger partial charge in [0.25, 0.3) is 5.91 Å². The zero-order chi connectivity index (χ0) is 25.8. The lowest BCUT2D eigenvalue weighted by Crippen LogP contribution is -2.50. The highest BCUT2D eigenvalue weighted by atomic mass is 19.1. The number of likely N-dealkylation sites (N-methyl/N-ethyl adjacent to an activating group) is 1. The number of nitrogens with one attached hydrogen (secondary N) is 1. The molecule has 0 fully saturated rings. The van der Waals surface area contributed by atoms with Crippen LogP contribution in [-0.2, 0) is 0 Å². The first-order valence-corrected chi connectivity index (χ1v) is 12.3. The van der Waals surface area contributed by atoms with Gasteiger partial charge in [-0.05, 0) is 67.7 Å². The summed E-state index contributed by atoms with van der Waals surface area (Å²) >= 11 is 0. The molecule has 0 saturated carbocycles. The summed E-state index contributed by atoms with van der Waals surface area (Å²) in [7, 11) is 1.65. The van der Waals surface area contributed by atoms with E-state index in [9.17, 15) is 19.1 Å². The van der Waals surface area contributed by atoms with E-state index in [4.69, 9.17) is 4.74 Å². The molecule has 3 atom stereocenters. The lowest BCUT2D eigenvalue weighted by Gasteiger charge is -2.37. The largest absolute Gasteiger partial charge is 0.472 e. The molecule has 3 amide bonds. The minimum atomic E-state index is -0.460. The number of amides is 3. The maximum absolute atomic E-state index is 13.5. The summed E-state index contributed by atoms with van der Waals surface area (Å²) in [6, 6.07) is 6.62. The molecule has 2 aliphatic rings. The smallest absolute Gasteiger partial charge is 0.321 e. The zero-order valence-corrected chi connectivity index (χ0v) is 20.9. The first-order chi connectivity index (χ1) is 17.3. The number of carbonyl (C=O) groups is 2. The van der Waals surface area contributed by atoms with E-state index in [-0.39, 0.29) is 48.7 Å². The third-order valence-corrected chi connectivity index (χ3v) is 6.83. The van der Waals surface area contributed by atoms with Crippen LogP contribution in [0.3, 0.4) is 0 Å². The van der Waals surface area contributed by atoms with Crippen LogP contribution in [0.15, 0.2) is 42.6 Å². The molecule has 1 aromatic carbocycles. The SMILES string of the molecule is C[C@H]1CN([C@@H](C)CO)C(=O)c2cc(C3=CCCC3)cnc2O[C@@H]1CN(C)C(=O)Nc1ccc(F)cc1. The molecule has 1 aliphatic heterocycles. The Morgan fingerprint density at radius 3 is 2.78 bits per heavy atom. The summed E-state index contributed by atoms with van der Waals surface area (Å²) in [5.74, 6) is -0.544. The van der Waals surface area contributed by atoms with Crippen LogP contribution in [0.1, 0.15) is 49.0 Å². The quantitative estimate of drug-likeness (QED) is 0.626. The number of rotatable bonds is 6. The fourth-order valence-electron chi connectivity index (χ4n) is 4.53. The number of hydrogen-bond acceptors (Lipinski definition) is 5. The number of pyridine rings is 1. The Morgan fingerprint density at radius 2 is 2.11 bits per heavy atom. The molecule has 4 rings (SSSR count). The van der Waals surface area contributed by atoms with Crippen LogP contribution in [-0.4, -0.2) is 70.7 Å². The lowest BCUT2D eigenvalue weighted by molar-refractivity contribution is 0.0356. The molecule has 2 heterocycles. The topological polar surface area (TPSA) is 95.0 Å². The van der Waals surface area contributed by atoms with Gasteiger partial charge in [0.15, 0.2) is 0 Å². The first kappa shape index (κ1) is 25.6. The summed E-state index contributed by atoms with van der Waals surface area (Å²) in [5.41, 5.74) is 2.91. The van der Waals surface area contributed by atoms with Gasteiger partial charge < -0.3 is 25.0 Å². The Bertz CT molecular complexity index is 1140. The van der Waals surface area contributed by atoms with Crippen molar-refractivity contribution in [2.24, 2.45) is 5.92 Å². The highest BCUT2D eigenvalue weighted by Gasteiger charge is 2.35. The number of carbonyl (C=O) groups excluding carboxylic acids is 2. The number of benzene rings is 1. The molecule has 0 bridgehead atoms. The van der Waals surface area contributed by atoms with Gasteiger partial charge in [-0.3, -0.25) is 4.79 Å². The molecule has 2 aromatic rings. The van der Waals surface area contributed by atoms with E-state index in [1.807, 2.05) is 13.0 Å². The van der Waals surface area contributed by atoms with E-state index in [1.54, 1.807) is 25.1 Å². The number of ether oxygens (including phenoxy) is 1. The molecule has 9 heteroatoms. The minimum absolute atomic E-state index is 0.156. The summed E-state index contributed by atoms with van der Waals surface area (Å²) < 4.78 is 19.5. The van der Waals surface area contributed by atoms with Crippen LogP contribution >= 0.6 is 0 Å². The van der Waals surface area contributed by atoms with E-state index in [0.29, 0.717) is 17.8 Å². The number of fused-ring (bicyclic) bond motifs is 1. The number of anilines is 1. The summed E-state index contributed by atoms with van der Waals surface area (Å²) in [4.78, 5) is 34.0. The van der Waals surface area contributed by atoms with Crippen molar-refractivity contribution in [3.05, 3.63) is 59.5 Å². The fraction of sp³-hybridized carbons (Fsp3) is 0.444.